The second kappa shape index (κ2) is 58.2. The molecule has 0 bridgehead atoms. The second-order valence-corrected chi connectivity index (χ2v) is 20.6. The molecule has 6 nitrogen and oxygen atoms in total. The van der Waals surface area contributed by atoms with E-state index in [1.54, 1.807) is 0 Å². The number of allylic oxidation sites excluding steroid dienone is 6. The summed E-state index contributed by atoms with van der Waals surface area (Å²) in [5, 5.41) is 0. The van der Waals surface area contributed by atoms with Crippen LogP contribution in [0.1, 0.15) is 329 Å². The van der Waals surface area contributed by atoms with Gasteiger partial charge in [0, 0.05) is 19.3 Å². The van der Waals surface area contributed by atoms with Crippen LogP contribution in [0.25, 0.3) is 0 Å². The lowest BCUT2D eigenvalue weighted by molar-refractivity contribution is -0.167. The highest BCUT2D eigenvalue weighted by atomic mass is 16.6. The summed E-state index contributed by atoms with van der Waals surface area (Å²) in [6.07, 6.45) is 70.0. The third-order valence-corrected chi connectivity index (χ3v) is 13.6. The van der Waals surface area contributed by atoms with E-state index in [0.29, 0.717) is 19.3 Å². The lowest BCUT2D eigenvalue weighted by atomic mass is 10.1. The van der Waals surface area contributed by atoms with E-state index < -0.39 is 6.10 Å². The van der Waals surface area contributed by atoms with Gasteiger partial charge in [0.2, 0.25) is 0 Å². The maximum absolute atomic E-state index is 12.9. The molecule has 0 heterocycles. The van der Waals surface area contributed by atoms with Crippen molar-refractivity contribution in [2.75, 3.05) is 13.2 Å². The van der Waals surface area contributed by atoms with Gasteiger partial charge in [-0.1, -0.05) is 250 Å². The molecule has 69 heavy (non-hydrogen) atoms. The average Bonchev–Trinajstić information content (AvgIpc) is 3.35. The van der Waals surface area contributed by atoms with E-state index in [4.69, 9.17) is 14.2 Å². The number of hydrogen-bond donors (Lipinski definition) is 0. The molecule has 0 saturated carbocycles. The Morgan fingerprint density at radius 2 is 0.478 bits per heavy atom. The molecule has 6 heteroatoms. The van der Waals surface area contributed by atoms with Gasteiger partial charge in [0.15, 0.2) is 6.10 Å². The van der Waals surface area contributed by atoms with Gasteiger partial charge in [-0.3, -0.25) is 14.4 Å². The summed E-state index contributed by atoms with van der Waals surface area (Å²) in [6, 6.07) is 0. The Labute approximate surface area is 429 Å². The zero-order valence-electron chi connectivity index (χ0n) is 46.3. The molecule has 0 saturated heterocycles. The summed E-state index contributed by atoms with van der Waals surface area (Å²) < 4.78 is 16.9. The van der Waals surface area contributed by atoms with Crippen molar-refractivity contribution in [2.45, 2.75) is 335 Å². The lowest BCUT2D eigenvalue weighted by Crippen LogP contribution is -2.30. The summed E-state index contributed by atoms with van der Waals surface area (Å²) in [5.41, 5.74) is 0. The highest BCUT2D eigenvalue weighted by molar-refractivity contribution is 5.71. The van der Waals surface area contributed by atoms with E-state index >= 15 is 0 Å². The summed E-state index contributed by atoms with van der Waals surface area (Å²) in [5.74, 6) is -0.873. The van der Waals surface area contributed by atoms with Gasteiger partial charge in [0.25, 0.3) is 0 Å². The van der Waals surface area contributed by atoms with Crippen LogP contribution in [0, 0.1) is 0 Å². The monoisotopic (exact) mass is 969 g/mol. The fraction of sp³-hybridized carbons (Fsp3) is 0.857. The molecule has 0 spiro atoms. The number of esters is 3. The third-order valence-electron chi connectivity index (χ3n) is 13.6. The van der Waals surface area contributed by atoms with Gasteiger partial charge in [-0.2, -0.15) is 0 Å². The SMILES string of the molecule is CCCCCC/C=C\CCCCCCCC(=O)OCC(COC(=O)CCCCCCCCCCC/C=C\CCCCCCCCCC)OC(=O)CCCCCCCCC/C=C\CCCCCCCC. The molecule has 0 aromatic heterocycles. The molecule has 0 aliphatic rings. The zero-order chi connectivity index (χ0) is 50.0. The van der Waals surface area contributed by atoms with E-state index in [2.05, 4.69) is 57.2 Å². The Bertz CT molecular complexity index is 1160. The molecule has 0 aliphatic carbocycles. The Kier molecular flexibility index (Phi) is 56.2. The van der Waals surface area contributed by atoms with Gasteiger partial charge in [0.1, 0.15) is 13.2 Å². The highest BCUT2D eigenvalue weighted by Gasteiger charge is 2.19. The third kappa shape index (κ3) is 56.4. The molecule has 0 radical (unpaired) electrons. The fourth-order valence-corrected chi connectivity index (χ4v) is 8.96. The fourth-order valence-electron chi connectivity index (χ4n) is 8.96. The van der Waals surface area contributed by atoms with Crippen molar-refractivity contribution >= 4 is 17.9 Å². The van der Waals surface area contributed by atoms with Crippen LogP contribution in [-0.2, 0) is 28.6 Å². The first-order valence-electron chi connectivity index (χ1n) is 30.5. The van der Waals surface area contributed by atoms with Gasteiger partial charge in [-0.15, -0.1) is 0 Å². The molecule has 0 aromatic rings. The van der Waals surface area contributed by atoms with Crippen molar-refractivity contribution in [3.05, 3.63) is 36.5 Å². The van der Waals surface area contributed by atoms with E-state index in [1.165, 1.54) is 225 Å². The normalized spacial score (nSPS) is 12.2. The van der Waals surface area contributed by atoms with Crippen LogP contribution < -0.4 is 0 Å². The summed E-state index contributed by atoms with van der Waals surface area (Å²) >= 11 is 0. The molecule has 0 aromatic carbocycles. The van der Waals surface area contributed by atoms with E-state index in [-0.39, 0.29) is 31.1 Å². The van der Waals surface area contributed by atoms with Crippen molar-refractivity contribution in [1.82, 2.24) is 0 Å². The molecule has 0 aliphatic heterocycles. The van der Waals surface area contributed by atoms with Crippen molar-refractivity contribution in [2.24, 2.45) is 0 Å². The van der Waals surface area contributed by atoms with Crippen LogP contribution in [0.15, 0.2) is 36.5 Å². The summed E-state index contributed by atoms with van der Waals surface area (Å²) in [6.45, 7) is 6.65. The number of carbonyl (C=O) groups is 3. The van der Waals surface area contributed by atoms with Gasteiger partial charge in [-0.25, -0.2) is 0 Å². The van der Waals surface area contributed by atoms with Crippen LogP contribution in [0.5, 0.6) is 0 Å². The van der Waals surface area contributed by atoms with Crippen LogP contribution in [0.4, 0.5) is 0 Å². The number of rotatable bonds is 56. The minimum Gasteiger partial charge on any atom is -0.462 e. The molecule has 1 atom stereocenters. The van der Waals surface area contributed by atoms with Crippen LogP contribution in [0.3, 0.4) is 0 Å². The maximum Gasteiger partial charge on any atom is 0.306 e. The van der Waals surface area contributed by atoms with Crippen molar-refractivity contribution in [3.8, 4) is 0 Å². The molecule has 0 N–H and O–H groups in total. The molecule has 0 fully saturated rings. The molecular formula is C63H116O6. The molecule has 1 unspecified atom stereocenters. The van der Waals surface area contributed by atoms with Gasteiger partial charge in [0.05, 0.1) is 0 Å². The smallest absolute Gasteiger partial charge is 0.306 e. The molecule has 0 rings (SSSR count). The summed E-state index contributed by atoms with van der Waals surface area (Å²) in [7, 11) is 0. The predicted molar refractivity (Wildman–Crippen MR) is 298 cm³/mol. The van der Waals surface area contributed by atoms with E-state index in [1.807, 2.05) is 0 Å². The Morgan fingerprint density at radius 3 is 0.739 bits per heavy atom. The molecular weight excluding hydrogens is 853 g/mol. The lowest BCUT2D eigenvalue weighted by Gasteiger charge is -2.18. The largest absolute Gasteiger partial charge is 0.462 e. The standard InChI is InChI=1S/C63H116O6/c1-4-7-10-13-16-19-22-25-27-29-30-31-32-34-35-38-41-44-47-50-53-56-62(65)68-59-60(58-67-61(64)55-52-49-46-43-40-37-24-21-18-15-12-9-6-3)69-63(66)57-54-51-48-45-42-39-36-33-28-26-23-20-17-14-11-8-5-2/h21,24,26,28-30,60H,4-20,22-23,25,27,31-59H2,1-3H3/b24-21-,28-26-,30-29-. The number of carbonyl (C=O) groups excluding carboxylic acids is 3. The first kappa shape index (κ1) is 66.6. The maximum atomic E-state index is 12.9. The first-order valence-corrected chi connectivity index (χ1v) is 30.5. The van der Waals surface area contributed by atoms with Crippen molar-refractivity contribution in [3.63, 3.8) is 0 Å². The van der Waals surface area contributed by atoms with Crippen molar-refractivity contribution in [1.29, 1.82) is 0 Å². The van der Waals surface area contributed by atoms with E-state index in [0.717, 1.165) is 64.2 Å². The number of unbranched alkanes of at least 4 members (excludes halogenated alkanes) is 39. The van der Waals surface area contributed by atoms with Gasteiger partial charge in [-0.05, 0) is 96.3 Å². The number of hydrogen-bond acceptors (Lipinski definition) is 6. The Hall–Kier alpha value is -2.37. The van der Waals surface area contributed by atoms with Crippen LogP contribution in [-0.4, -0.2) is 37.2 Å². The van der Waals surface area contributed by atoms with Crippen LogP contribution in [0.2, 0.25) is 0 Å². The molecule has 404 valence electrons. The zero-order valence-corrected chi connectivity index (χ0v) is 46.3. The minimum absolute atomic E-state index is 0.0751. The average molecular weight is 970 g/mol. The minimum atomic E-state index is -0.777. The van der Waals surface area contributed by atoms with Gasteiger partial charge >= 0.3 is 17.9 Å². The predicted octanol–water partition coefficient (Wildman–Crippen LogP) is 20.4. The first-order chi connectivity index (χ1) is 34.0. The second-order valence-electron chi connectivity index (χ2n) is 20.6. The summed E-state index contributed by atoms with van der Waals surface area (Å²) in [4.78, 5) is 38.2. The van der Waals surface area contributed by atoms with E-state index in [9.17, 15) is 14.4 Å². The van der Waals surface area contributed by atoms with Gasteiger partial charge < -0.3 is 14.2 Å². The van der Waals surface area contributed by atoms with Crippen molar-refractivity contribution < 1.29 is 28.6 Å². The number of ether oxygens (including phenoxy) is 3. The Morgan fingerprint density at radius 1 is 0.275 bits per heavy atom. The highest BCUT2D eigenvalue weighted by Crippen LogP contribution is 2.16. The molecule has 0 amide bonds. The van der Waals surface area contributed by atoms with Crippen LogP contribution >= 0.6 is 0 Å². The topological polar surface area (TPSA) is 78.9 Å². The quantitative estimate of drug-likeness (QED) is 0.0261. The Balaban J connectivity index is 4.31.